The SMILES string of the molecule is CN(C)C1CCc2cc3nc(N)sc3cc2C1.CN(C)C1CCc2cc3sc(N)nc3cc2C1.CN(C)C1Cc2cc3nc(N)sc3cc2C1.CN(C)C1Cc2ccc3nc(N)sc3c2C1.CN(C)C1Cc2ccc3sc(N)nc3c2C1. The molecule has 0 saturated carbocycles. The summed E-state index contributed by atoms with van der Waals surface area (Å²) in [5.41, 5.74) is 48.7. The lowest BCUT2D eigenvalue weighted by atomic mass is 9.87. The van der Waals surface area contributed by atoms with Gasteiger partial charge in [0.2, 0.25) is 0 Å². The Balaban J connectivity index is 0.000000108. The summed E-state index contributed by atoms with van der Waals surface area (Å²) >= 11 is 7.96. The lowest BCUT2D eigenvalue weighted by Crippen LogP contribution is -2.33. The van der Waals surface area contributed by atoms with Crippen molar-refractivity contribution in [3.05, 3.63) is 116 Å². The Labute approximate surface area is 502 Å². The zero-order valence-electron chi connectivity index (χ0n) is 49.0. The average molecular weight is 1190 g/mol. The van der Waals surface area contributed by atoms with Crippen LogP contribution < -0.4 is 28.7 Å². The molecule has 0 radical (unpaired) electrons. The van der Waals surface area contributed by atoms with E-state index < -0.39 is 0 Å². The van der Waals surface area contributed by atoms with Crippen molar-refractivity contribution < 1.29 is 0 Å². The molecule has 82 heavy (non-hydrogen) atoms. The Hall–Kier alpha value is -5.65. The third-order valence-corrected chi connectivity index (χ3v) is 21.8. The number of likely N-dealkylation sites (N-methyl/N-ethyl adjacent to an activating group) is 5. The van der Waals surface area contributed by atoms with Crippen LogP contribution in [0.25, 0.3) is 51.1 Å². The summed E-state index contributed by atoms with van der Waals surface area (Å²) in [6.45, 7) is 0. The molecular weight excluding hydrogens is 1120 g/mol. The van der Waals surface area contributed by atoms with Gasteiger partial charge in [0.15, 0.2) is 25.7 Å². The highest BCUT2D eigenvalue weighted by Gasteiger charge is 2.29. The van der Waals surface area contributed by atoms with Gasteiger partial charge in [-0.2, -0.15) is 0 Å². The standard InChI is InChI=1S/2C13H17N3S.3C12H15N3S/c1-16(2)10-4-3-8-7-12-11(6-9(8)5-10)15-13(14)17-12;1-16(2)10-4-3-8-6-11-12(7-9(8)5-10)17-13(14)15-11;1-15(2)9-3-7-5-10-11(6-8(7)4-9)16-12(13)14-10;1-15(2)8-5-7-3-4-10-11(9(7)6-8)14-12(13)16-10;1-15(2)8-5-7-3-4-10-11(9(7)6-8)16-12(13)14-10/h2*6-7,10H,3-5H2,1-2H3,(H2,14,15);5-6,9H,3-4H2,1-2H3,(H2,13,14);2*3-4,8H,5-6H2,1-2H3,(H2,13,14). The van der Waals surface area contributed by atoms with E-state index in [-0.39, 0.29) is 0 Å². The van der Waals surface area contributed by atoms with Gasteiger partial charge in [0.25, 0.3) is 0 Å². The summed E-state index contributed by atoms with van der Waals surface area (Å²) in [4.78, 5) is 33.4. The molecule has 0 fully saturated rings. The molecule has 15 nitrogen and oxygen atoms in total. The number of anilines is 5. The number of nitrogen functional groups attached to an aromatic ring is 5. The van der Waals surface area contributed by atoms with Gasteiger partial charge in [0.1, 0.15) is 0 Å². The average Bonchev–Trinajstić information content (AvgIpc) is 4.48. The van der Waals surface area contributed by atoms with Crippen LogP contribution in [0, 0.1) is 0 Å². The summed E-state index contributed by atoms with van der Waals surface area (Å²) in [5.74, 6) is 0. The molecule has 0 bridgehead atoms. The lowest BCUT2D eigenvalue weighted by molar-refractivity contribution is 0.268. The van der Waals surface area contributed by atoms with Crippen LogP contribution in [0.3, 0.4) is 0 Å². The Morgan fingerprint density at radius 1 is 0.329 bits per heavy atom. The lowest BCUT2D eigenvalue weighted by Gasteiger charge is -2.29. The molecule has 5 aromatic heterocycles. The van der Waals surface area contributed by atoms with Crippen LogP contribution in [0.1, 0.15) is 68.5 Å². The van der Waals surface area contributed by atoms with Gasteiger partial charge >= 0.3 is 0 Å². The molecule has 5 aromatic carbocycles. The van der Waals surface area contributed by atoms with Crippen molar-refractivity contribution in [1.82, 2.24) is 49.4 Å². The van der Waals surface area contributed by atoms with E-state index in [9.17, 15) is 0 Å². The molecule has 5 unspecified atom stereocenters. The highest BCUT2D eigenvalue weighted by atomic mass is 32.1. The van der Waals surface area contributed by atoms with Gasteiger partial charge < -0.3 is 53.2 Å². The number of benzene rings is 5. The Morgan fingerprint density at radius 2 is 0.671 bits per heavy atom. The van der Waals surface area contributed by atoms with Crippen molar-refractivity contribution >= 4 is 133 Å². The van der Waals surface area contributed by atoms with Gasteiger partial charge in [-0.05, 0) is 252 Å². The number of hydrogen-bond donors (Lipinski definition) is 5. The predicted octanol–water partition coefficient (Wildman–Crippen LogP) is 10.3. The Kier molecular flexibility index (Phi) is 17.1. The highest BCUT2D eigenvalue weighted by molar-refractivity contribution is 7.23. The van der Waals surface area contributed by atoms with Crippen molar-refractivity contribution in [2.75, 3.05) is 99.1 Å². The molecule has 10 aromatic rings. The minimum atomic E-state index is 0.614. The van der Waals surface area contributed by atoms with Crippen LogP contribution in [0.15, 0.2) is 60.7 Å². The van der Waals surface area contributed by atoms with Crippen LogP contribution >= 0.6 is 56.7 Å². The minimum absolute atomic E-state index is 0.614. The summed E-state index contributed by atoms with van der Waals surface area (Å²) < 4.78 is 6.18. The number of nitrogens with two attached hydrogens (primary N) is 5. The smallest absolute Gasteiger partial charge is 0.181 e. The largest absolute Gasteiger partial charge is 0.375 e. The summed E-state index contributed by atoms with van der Waals surface area (Å²) in [6.07, 6.45) is 13.9. The third kappa shape index (κ3) is 12.6. The minimum Gasteiger partial charge on any atom is -0.375 e. The zero-order valence-corrected chi connectivity index (χ0v) is 53.1. The van der Waals surface area contributed by atoms with Crippen LogP contribution in [-0.2, 0) is 64.2 Å². The van der Waals surface area contributed by atoms with Gasteiger partial charge in [-0.1, -0.05) is 68.8 Å². The Bertz CT molecular complexity index is 3680. The molecular formula is C62H79N15S5. The number of thiazole rings is 5. The quantitative estimate of drug-likeness (QED) is 0.109. The van der Waals surface area contributed by atoms with Gasteiger partial charge in [0, 0.05) is 30.2 Å². The zero-order chi connectivity index (χ0) is 57.8. The van der Waals surface area contributed by atoms with Crippen LogP contribution in [0.4, 0.5) is 25.7 Å². The molecule has 5 heterocycles. The molecule has 20 heteroatoms. The number of aromatic nitrogens is 5. The molecule has 0 saturated heterocycles. The van der Waals surface area contributed by atoms with Crippen molar-refractivity contribution in [2.45, 2.75) is 107 Å². The monoisotopic (exact) mass is 1190 g/mol. The highest BCUT2D eigenvalue weighted by Crippen LogP contribution is 2.38. The fourth-order valence-electron chi connectivity index (χ4n) is 12.5. The molecule has 5 atom stereocenters. The first kappa shape index (κ1) is 58.1. The maximum atomic E-state index is 5.78. The van der Waals surface area contributed by atoms with Gasteiger partial charge in [-0.3, -0.25) is 0 Å². The van der Waals surface area contributed by atoms with Crippen molar-refractivity contribution in [2.24, 2.45) is 0 Å². The fraction of sp³-hybridized carbons (Fsp3) is 0.435. The van der Waals surface area contributed by atoms with Crippen LogP contribution in [-0.4, -0.2) is 150 Å². The number of fused-ring (bicyclic) bond motifs is 12. The fourth-order valence-corrected chi connectivity index (χ4v) is 16.6. The van der Waals surface area contributed by atoms with Crippen LogP contribution in [0.5, 0.6) is 0 Å². The summed E-state index contributed by atoms with van der Waals surface area (Å²) in [6, 6.07) is 25.4. The third-order valence-electron chi connectivity index (χ3n) is 17.5. The van der Waals surface area contributed by atoms with E-state index in [1.165, 1.54) is 98.4 Å². The molecule has 0 amide bonds. The molecule has 0 aliphatic heterocycles. The van der Waals surface area contributed by atoms with E-state index in [1.807, 2.05) is 0 Å². The molecule has 5 aliphatic rings. The topological polar surface area (TPSA) is 211 Å². The van der Waals surface area contributed by atoms with Gasteiger partial charge in [-0.15, -0.1) is 0 Å². The van der Waals surface area contributed by atoms with E-state index in [2.05, 4.69) is 181 Å². The predicted molar refractivity (Wildman–Crippen MR) is 354 cm³/mol. The van der Waals surface area contributed by atoms with Crippen molar-refractivity contribution in [1.29, 1.82) is 0 Å². The number of aryl methyl sites for hydroxylation is 2. The molecule has 10 N–H and O–H groups in total. The number of nitrogens with zero attached hydrogens (tertiary/aromatic N) is 10. The Morgan fingerprint density at radius 3 is 1.20 bits per heavy atom. The molecule has 15 rings (SSSR count). The van der Waals surface area contributed by atoms with Gasteiger partial charge in [0.05, 0.1) is 51.1 Å². The van der Waals surface area contributed by atoms with E-state index in [4.69, 9.17) is 28.7 Å². The first-order valence-corrected chi connectivity index (χ1v) is 32.5. The summed E-state index contributed by atoms with van der Waals surface area (Å²) in [7, 11) is 21.5. The van der Waals surface area contributed by atoms with Crippen LogP contribution in [0.2, 0.25) is 0 Å². The van der Waals surface area contributed by atoms with Crippen molar-refractivity contribution in [3.63, 3.8) is 0 Å². The molecule has 5 aliphatic carbocycles. The van der Waals surface area contributed by atoms with E-state index in [1.54, 1.807) is 56.7 Å². The maximum Gasteiger partial charge on any atom is 0.181 e. The van der Waals surface area contributed by atoms with Gasteiger partial charge in [-0.25, -0.2) is 24.9 Å². The number of hydrogen-bond acceptors (Lipinski definition) is 20. The maximum absolute atomic E-state index is 5.78. The second kappa shape index (κ2) is 24.1. The summed E-state index contributed by atoms with van der Waals surface area (Å²) in [5, 5.41) is 3.37. The first-order valence-electron chi connectivity index (χ1n) is 28.4. The normalized spacial score (nSPS) is 19.7. The first-order chi connectivity index (χ1) is 39.2. The van der Waals surface area contributed by atoms with Crippen molar-refractivity contribution in [3.8, 4) is 0 Å². The molecule has 432 valence electrons. The van der Waals surface area contributed by atoms with E-state index >= 15 is 0 Å². The van der Waals surface area contributed by atoms with E-state index in [0.717, 1.165) is 85.4 Å². The van der Waals surface area contributed by atoms with E-state index in [0.29, 0.717) is 55.9 Å². The second-order valence-electron chi connectivity index (χ2n) is 23.9. The number of rotatable bonds is 5. The molecule has 0 spiro atoms. The second-order valence-corrected chi connectivity index (χ2v) is 29.2.